The molecule has 2 rings (SSSR count). The summed E-state index contributed by atoms with van der Waals surface area (Å²) in [5.74, 6) is 1.81. The summed E-state index contributed by atoms with van der Waals surface area (Å²) in [6.45, 7) is 2.48. The van der Waals surface area contributed by atoms with Gasteiger partial charge in [0.05, 0.1) is 0 Å². The van der Waals surface area contributed by atoms with Gasteiger partial charge in [-0.3, -0.25) is 0 Å². The van der Waals surface area contributed by atoms with Gasteiger partial charge < -0.3 is 5.32 Å². The van der Waals surface area contributed by atoms with Crippen LogP contribution in [0.4, 0.5) is 0 Å². The van der Waals surface area contributed by atoms with Crippen molar-refractivity contribution in [2.75, 3.05) is 13.1 Å². The maximum atomic E-state index is 3.47. The van der Waals surface area contributed by atoms with E-state index in [1.54, 1.807) is 0 Å². The van der Waals surface area contributed by atoms with Crippen LogP contribution in [0, 0.1) is 11.8 Å². The zero-order chi connectivity index (χ0) is 7.52. The molecule has 2 unspecified atom stereocenters. The van der Waals surface area contributed by atoms with Crippen molar-refractivity contribution in [2.45, 2.75) is 25.7 Å². The Morgan fingerprint density at radius 3 is 3.18 bits per heavy atom. The monoisotopic (exact) mass is 151 g/mol. The van der Waals surface area contributed by atoms with Crippen LogP contribution in [0.2, 0.25) is 0 Å². The second-order valence-corrected chi connectivity index (χ2v) is 3.79. The molecule has 1 aliphatic carbocycles. The minimum Gasteiger partial charge on any atom is -0.316 e. The van der Waals surface area contributed by atoms with Gasteiger partial charge in [0.15, 0.2) is 0 Å². The lowest BCUT2D eigenvalue weighted by Gasteiger charge is -2.16. The van der Waals surface area contributed by atoms with Crippen LogP contribution in [-0.4, -0.2) is 13.1 Å². The predicted molar refractivity (Wildman–Crippen MR) is 47.5 cm³/mol. The first-order valence-electron chi connectivity index (χ1n) is 4.84. The van der Waals surface area contributed by atoms with Crippen LogP contribution < -0.4 is 5.32 Å². The second-order valence-electron chi connectivity index (χ2n) is 3.79. The maximum absolute atomic E-state index is 3.47. The summed E-state index contributed by atoms with van der Waals surface area (Å²) in [6, 6.07) is 0. The van der Waals surface area contributed by atoms with Crippen molar-refractivity contribution in [2.24, 2.45) is 11.8 Å². The minimum absolute atomic E-state index is 0.857. The van der Waals surface area contributed by atoms with Crippen LogP contribution in [0.25, 0.3) is 0 Å². The highest BCUT2D eigenvalue weighted by molar-refractivity contribution is 4.98. The molecule has 0 aromatic heterocycles. The molecule has 0 radical (unpaired) electrons. The zero-order valence-electron chi connectivity index (χ0n) is 7.05. The summed E-state index contributed by atoms with van der Waals surface area (Å²) >= 11 is 0. The van der Waals surface area contributed by atoms with Gasteiger partial charge >= 0.3 is 0 Å². The van der Waals surface area contributed by atoms with E-state index in [0.29, 0.717) is 0 Å². The highest BCUT2D eigenvalue weighted by Gasteiger charge is 2.24. The zero-order valence-corrected chi connectivity index (χ0v) is 7.05. The van der Waals surface area contributed by atoms with Crippen LogP contribution in [0.3, 0.4) is 0 Å². The largest absolute Gasteiger partial charge is 0.316 e. The van der Waals surface area contributed by atoms with Crippen molar-refractivity contribution in [3.05, 3.63) is 12.2 Å². The van der Waals surface area contributed by atoms with Crippen molar-refractivity contribution in [1.29, 1.82) is 0 Å². The molecule has 0 spiro atoms. The van der Waals surface area contributed by atoms with Crippen LogP contribution in [0.5, 0.6) is 0 Å². The third-order valence-electron chi connectivity index (χ3n) is 2.97. The molecule has 62 valence electrons. The molecule has 2 aliphatic rings. The molecule has 1 saturated heterocycles. The lowest BCUT2D eigenvalue weighted by Crippen LogP contribution is -2.11. The van der Waals surface area contributed by atoms with Crippen LogP contribution >= 0.6 is 0 Å². The highest BCUT2D eigenvalue weighted by Crippen LogP contribution is 2.26. The topological polar surface area (TPSA) is 12.0 Å². The molecule has 11 heavy (non-hydrogen) atoms. The Bertz CT molecular complexity index is 151. The van der Waals surface area contributed by atoms with E-state index in [4.69, 9.17) is 0 Å². The second kappa shape index (κ2) is 3.40. The molecule has 0 aromatic carbocycles. The standard InChI is InChI=1S/C10H17N/c1-2-4-6-10-8-11-7-9(10)5-3-1/h3,5,9-11H,1-2,4,6-8H2. The molecule has 0 amide bonds. The first-order valence-corrected chi connectivity index (χ1v) is 4.84. The van der Waals surface area contributed by atoms with Crippen LogP contribution in [0.1, 0.15) is 25.7 Å². The lowest BCUT2D eigenvalue weighted by atomic mass is 9.88. The average Bonchev–Trinajstić information content (AvgIpc) is 2.35. The van der Waals surface area contributed by atoms with Crippen LogP contribution in [0.15, 0.2) is 12.2 Å². The van der Waals surface area contributed by atoms with E-state index in [-0.39, 0.29) is 0 Å². The van der Waals surface area contributed by atoms with Crippen molar-refractivity contribution in [1.82, 2.24) is 5.32 Å². The van der Waals surface area contributed by atoms with Crippen molar-refractivity contribution >= 4 is 0 Å². The number of rotatable bonds is 0. The smallest absolute Gasteiger partial charge is 0.00174 e. The number of hydrogen-bond donors (Lipinski definition) is 1. The molecule has 0 aromatic rings. The fraction of sp³-hybridized carbons (Fsp3) is 0.800. The molecule has 0 saturated carbocycles. The lowest BCUT2D eigenvalue weighted by molar-refractivity contribution is 0.427. The van der Waals surface area contributed by atoms with Gasteiger partial charge in [0, 0.05) is 6.54 Å². The van der Waals surface area contributed by atoms with Gasteiger partial charge in [-0.15, -0.1) is 0 Å². The van der Waals surface area contributed by atoms with E-state index in [9.17, 15) is 0 Å². The Morgan fingerprint density at radius 2 is 2.18 bits per heavy atom. The van der Waals surface area contributed by atoms with E-state index in [1.807, 2.05) is 0 Å². The van der Waals surface area contributed by atoms with E-state index < -0.39 is 0 Å². The van der Waals surface area contributed by atoms with Gasteiger partial charge in [-0.05, 0) is 37.6 Å². The van der Waals surface area contributed by atoms with Crippen molar-refractivity contribution in [3.8, 4) is 0 Å². The summed E-state index contributed by atoms with van der Waals surface area (Å²) in [7, 11) is 0. The van der Waals surface area contributed by atoms with E-state index >= 15 is 0 Å². The minimum atomic E-state index is 0.857. The number of fused-ring (bicyclic) bond motifs is 1. The molecular weight excluding hydrogens is 134 g/mol. The highest BCUT2D eigenvalue weighted by atomic mass is 14.9. The SMILES string of the molecule is C1=CC2CNCC2CCCC1. The number of hydrogen-bond acceptors (Lipinski definition) is 1. The van der Waals surface area contributed by atoms with Gasteiger partial charge in [0.25, 0.3) is 0 Å². The Morgan fingerprint density at radius 1 is 1.18 bits per heavy atom. The van der Waals surface area contributed by atoms with Crippen LogP contribution in [-0.2, 0) is 0 Å². The molecular formula is C10H17N. The van der Waals surface area contributed by atoms with E-state index in [2.05, 4.69) is 17.5 Å². The predicted octanol–water partition coefficient (Wildman–Crippen LogP) is 1.95. The fourth-order valence-electron chi connectivity index (χ4n) is 2.23. The van der Waals surface area contributed by atoms with E-state index in [1.165, 1.54) is 38.8 Å². The molecule has 0 bridgehead atoms. The third kappa shape index (κ3) is 1.64. The van der Waals surface area contributed by atoms with Gasteiger partial charge in [0.2, 0.25) is 0 Å². The summed E-state index contributed by atoms with van der Waals surface area (Å²) in [4.78, 5) is 0. The average molecular weight is 151 g/mol. The Hall–Kier alpha value is -0.300. The normalized spacial score (nSPS) is 37.8. The molecule has 1 fully saturated rings. The van der Waals surface area contributed by atoms with E-state index in [0.717, 1.165) is 11.8 Å². The fourth-order valence-corrected chi connectivity index (χ4v) is 2.23. The van der Waals surface area contributed by atoms with Crippen molar-refractivity contribution < 1.29 is 0 Å². The molecule has 1 heterocycles. The Balaban J connectivity index is 2.01. The number of allylic oxidation sites excluding steroid dienone is 1. The maximum Gasteiger partial charge on any atom is 0.00174 e. The summed E-state index contributed by atoms with van der Waals surface area (Å²) in [6.07, 6.45) is 10.4. The quantitative estimate of drug-likeness (QED) is 0.522. The van der Waals surface area contributed by atoms with Gasteiger partial charge in [-0.2, -0.15) is 0 Å². The number of nitrogens with one attached hydrogen (secondary N) is 1. The first-order chi connectivity index (χ1) is 5.47. The first kappa shape index (κ1) is 7.35. The molecule has 1 N–H and O–H groups in total. The van der Waals surface area contributed by atoms with Gasteiger partial charge in [0.1, 0.15) is 0 Å². The van der Waals surface area contributed by atoms with Crippen molar-refractivity contribution in [3.63, 3.8) is 0 Å². The molecule has 1 heteroatoms. The molecule has 2 atom stereocenters. The van der Waals surface area contributed by atoms with Gasteiger partial charge in [-0.25, -0.2) is 0 Å². The van der Waals surface area contributed by atoms with Gasteiger partial charge in [-0.1, -0.05) is 18.6 Å². The molecule has 1 aliphatic heterocycles. The molecule has 1 nitrogen and oxygen atoms in total. The third-order valence-corrected chi connectivity index (χ3v) is 2.97. The summed E-state index contributed by atoms with van der Waals surface area (Å²) < 4.78 is 0. The Kier molecular flexibility index (Phi) is 2.27. The summed E-state index contributed by atoms with van der Waals surface area (Å²) in [5.41, 5.74) is 0. The summed E-state index contributed by atoms with van der Waals surface area (Å²) in [5, 5.41) is 3.47. The Labute approximate surface area is 68.9 Å².